The maximum Gasteiger partial charge on any atom is 0.125 e. The molecule has 72 valence electrons. The molecule has 1 atom stereocenters. The molecule has 0 amide bonds. The van der Waals surface area contributed by atoms with Crippen LogP contribution in [0.2, 0.25) is 5.02 Å². The van der Waals surface area contributed by atoms with E-state index in [2.05, 4.69) is 0 Å². The van der Waals surface area contributed by atoms with Gasteiger partial charge in [-0.3, -0.25) is 0 Å². The van der Waals surface area contributed by atoms with Gasteiger partial charge in [0.05, 0.1) is 12.6 Å². The van der Waals surface area contributed by atoms with Crippen molar-refractivity contribution in [3.05, 3.63) is 34.1 Å². The summed E-state index contributed by atoms with van der Waals surface area (Å²) in [5.74, 6) is -0.436. The van der Waals surface area contributed by atoms with E-state index >= 15 is 0 Å². The van der Waals surface area contributed by atoms with Gasteiger partial charge in [0.1, 0.15) is 5.82 Å². The lowest BCUT2D eigenvalue weighted by Crippen LogP contribution is -2.16. The Morgan fingerprint density at radius 1 is 1.62 bits per heavy atom. The Labute approximate surface area is 81.1 Å². The van der Waals surface area contributed by atoms with Crippen LogP contribution in [0.25, 0.3) is 0 Å². The molecule has 1 aromatic rings. The molecule has 0 aliphatic carbocycles. The lowest BCUT2D eigenvalue weighted by atomic mass is 10.0. The van der Waals surface area contributed by atoms with Crippen LogP contribution in [0.15, 0.2) is 12.1 Å². The summed E-state index contributed by atoms with van der Waals surface area (Å²) in [7, 11) is 0. The van der Waals surface area contributed by atoms with Crippen LogP contribution in [-0.4, -0.2) is 11.7 Å². The maximum atomic E-state index is 12.9. The molecule has 0 radical (unpaired) electrons. The van der Waals surface area contributed by atoms with E-state index in [4.69, 9.17) is 22.4 Å². The van der Waals surface area contributed by atoms with Crippen molar-refractivity contribution in [3.8, 4) is 0 Å². The third-order valence-electron chi connectivity index (χ3n) is 1.95. The molecule has 0 fully saturated rings. The van der Waals surface area contributed by atoms with Crippen LogP contribution in [0.5, 0.6) is 0 Å². The first kappa shape index (κ1) is 10.4. The SMILES string of the molecule is Cc1c(Cl)cc(F)cc1C(N)CO. The smallest absolute Gasteiger partial charge is 0.125 e. The van der Waals surface area contributed by atoms with Crippen LogP contribution in [0.3, 0.4) is 0 Å². The van der Waals surface area contributed by atoms with Gasteiger partial charge in [0.25, 0.3) is 0 Å². The molecule has 0 aliphatic rings. The summed E-state index contributed by atoms with van der Waals surface area (Å²) in [4.78, 5) is 0. The number of halogens is 2. The van der Waals surface area contributed by atoms with Gasteiger partial charge in [-0.15, -0.1) is 0 Å². The van der Waals surface area contributed by atoms with Gasteiger partial charge in [0.15, 0.2) is 0 Å². The summed E-state index contributed by atoms with van der Waals surface area (Å²) in [5, 5.41) is 9.14. The highest BCUT2D eigenvalue weighted by Gasteiger charge is 2.11. The largest absolute Gasteiger partial charge is 0.394 e. The zero-order valence-electron chi connectivity index (χ0n) is 7.22. The quantitative estimate of drug-likeness (QED) is 0.770. The van der Waals surface area contributed by atoms with E-state index in [9.17, 15) is 4.39 Å². The van der Waals surface area contributed by atoms with Crippen LogP contribution in [-0.2, 0) is 0 Å². The van der Waals surface area contributed by atoms with Gasteiger partial charge in [0.2, 0.25) is 0 Å². The van der Waals surface area contributed by atoms with Gasteiger partial charge in [-0.2, -0.15) is 0 Å². The Bertz CT molecular complexity index is 317. The molecule has 0 saturated heterocycles. The third kappa shape index (κ3) is 2.18. The molecule has 4 heteroatoms. The number of aliphatic hydroxyl groups excluding tert-OH is 1. The van der Waals surface area contributed by atoms with E-state index in [1.54, 1.807) is 6.92 Å². The second-order valence-corrected chi connectivity index (χ2v) is 3.30. The molecule has 1 unspecified atom stereocenters. The van der Waals surface area contributed by atoms with Crippen molar-refractivity contribution < 1.29 is 9.50 Å². The highest BCUT2D eigenvalue weighted by molar-refractivity contribution is 6.31. The molecule has 0 saturated carbocycles. The number of aliphatic hydroxyl groups is 1. The molecule has 1 aromatic carbocycles. The van der Waals surface area contributed by atoms with Gasteiger partial charge in [-0.05, 0) is 30.2 Å². The number of hydrogen-bond acceptors (Lipinski definition) is 2. The van der Waals surface area contributed by atoms with E-state index < -0.39 is 11.9 Å². The zero-order valence-corrected chi connectivity index (χ0v) is 7.98. The summed E-state index contributed by atoms with van der Waals surface area (Å²) in [5.41, 5.74) is 6.82. The minimum absolute atomic E-state index is 0.222. The third-order valence-corrected chi connectivity index (χ3v) is 2.34. The molecule has 0 aromatic heterocycles. The average molecular weight is 204 g/mol. The summed E-state index contributed by atoms with van der Waals surface area (Å²) in [6.45, 7) is 1.52. The Hall–Kier alpha value is -0.640. The van der Waals surface area contributed by atoms with Crippen LogP contribution in [0, 0.1) is 12.7 Å². The number of nitrogens with two attached hydrogens (primary N) is 1. The Morgan fingerprint density at radius 2 is 2.23 bits per heavy atom. The van der Waals surface area contributed by atoms with Gasteiger partial charge >= 0.3 is 0 Å². The topological polar surface area (TPSA) is 46.2 Å². The van der Waals surface area contributed by atoms with Crippen molar-refractivity contribution in [3.63, 3.8) is 0 Å². The summed E-state index contributed by atoms with van der Waals surface area (Å²) in [6, 6.07) is 1.94. The summed E-state index contributed by atoms with van der Waals surface area (Å²) < 4.78 is 12.9. The van der Waals surface area contributed by atoms with Crippen molar-refractivity contribution >= 4 is 11.6 Å². The molecule has 1 rings (SSSR count). The van der Waals surface area contributed by atoms with Crippen molar-refractivity contribution in [2.45, 2.75) is 13.0 Å². The highest BCUT2D eigenvalue weighted by Crippen LogP contribution is 2.24. The molecule has 0 aliphatic heterocycles. The van der Waals surface area contributed by atoms with Gasteiger partial charge in [0, 0.05) is 5.02 Å². The summed E-state index contributed by atoms with van der Waals surface area (Å²) in [6.07, 6.45) is 0. The normalized spacial score (nSPS) is 13.0. The highest BCUT2D eigenvalue weighted by atomic mass is 35.5. The van der Waals surface area contributed by atoms with E-state index in [-0.39, 0.29) is 6.61 Å². The Kier molecular flexibility index (Phi) is 3.25. The molecule has 0 spiro atoms. The van der Waals surface area contributed by atoms with E-state index in [0.29, 0.717) is 16.1 Å². The molecule has 0 heterocycles. The van der Waals surface area contributed by atoms with Crippen molar-refractivity contribution in [2.24, 2.45) is 5.73 Å². The van der Waals surface area contributed by atoms with Crippen LogP contribution < -0.4 is 5.73 Å². The minimum atomic E-state index is -0.576. The lowest BCUT2D eigenvalue weighted by molar-refractivity contribution is 0.267. The standard InChI is InChI=1S/C9H11ClFNO/c1-5-7(9(12)4-13)2-6(11)3-8(5)10/h2-3,9,13H,4,12H2,1H3. The lowest BCUT2D eigenvalue weighted by Gasteiger charge is -2.13. The van der Waals surface area contributed by atoms with Crippen molar-refractivity contribution in [2.75, 3.05) is 6.61 Å². The van der Waals surface area contributed by atoms with Gasteiger partial charge in [-0.1, -0.05) is 11.6 Å². The molecule has 2 nitrogen and oxygen atoms in total. The predicted molar refractivity (Wildman–Crippen MR) is 50.2 cm³/mol. The number of hydrogen-bond donors (Lipinski definition) is 2. The fraction of sp³-hybridized carbons (Fsp3) is 0.333. The van der Waals surface area contributed by atoms with Gasteiger partial charge < -0.3 is 10.8 Å². The monoisotopic (exact) mass is 203 g/mol. The molecule has 13 heavy (non-hydrogen) atoms. The van der Waals surface area contributed by atoms with E-state index in [1.165, 1.54) is 12.1 Å². The van der Waals surface area contributed by atoms with E-state index in [0.717, 1.165) is 0 Å². The fourth-order valence-electron chi connectivity index (χ4n) is 1.15. The van der Waals surface area contributed by atoms with E-state index in [1.807, 2.05) is 0 Å². The second-order valence-electron chi connectivity index (χ2n) is 2.89. The number of rotatable bonds is 2. The second kappa shape index (κ2) is 4.05. The average Bonchev–Trinajstić information content (AvgIpc) is 2.10. The fourth-order valence-corrected chi connectivity index (χ4v) is 1.36. The summed E-state index contributed by atoms with van der Waals surface area (Å²) >= 11 is 5.74. The minimum Gasteiger partial charge on any atom is -0.394 e. The Morgan fingerprint density at radius 3 is 2.77 bits per heavy atom. The molecule has 3 N–H and O–H groups in total. The van der Waals surface area contributed by atoms with Crippen LogP contribution >= 0.6 is 11.6 Å². The first-order valence-corrected chi connectivity index (χ1v) is 4.26. The molecular weight excluding hydrogens is 193 g/mol. The first-order valence-electron chi connectivity index (χ1n) is 3.88. The van der Waals surface area contributed by atoms with Crippen LogP contribution in [0.1, 0.15) is 17.2 Å². The molecular formula is C9H11ClFNO. The van der Waals surface area contributed by atoms with Crippen molar-refractivity contribution in [1.29, 1.82) is 0 Å². The first-order chi connectivity index (χ1) is 6.06. The Balaban J connectivity index is 3.20. The maximum absolute atomic E-state index is 12.9. The predicted octanol–water partition coefficient (Wildman–Crippen LogP) is 1.78. The van der Waals surface area contributed by atoms with Crippen molar-refractivity contribution in [1.82, 2.24) is 0 Å². The zero-order chi connectivity index (χ0) is 10.0. The van der Waals surface area contributed by atoms with Crippen LogP contribution in [0.4, 0.5) is 4.39 Å². The number of benzene rings is 1. The van der Waals surface area contributed by atoms with Gasteiger partial charge in [-0.25, -0.2) is 4.39 Å². The molecule has 0 bridgehead atoms.